The van der Waals surface area contributed by atoms with Gasteiger partial charge in [0.1, 0.15) is 0 Å². The van der Waals surface area contributed by atoms with E-state index in [1.807, 2.05) is 0 Å². The Bertz CT molecular complexity index is 145. The van der Waals surface area contributed by atoms with Crippen LogP contribution >= 0.6 is 0 Å². The third-order valence-corrected chi connectivity index (χ3v) is 3.61. The minimum absolute atomic E-state index is 0.718. The molecular weight excluding hydrogens is 188 g/mol. The van der Waals surface area contributed by atoms with Crippen molar-refractivity contribution in [2.45, 2.75) is 38.1 Å². The van der Waals surface area contributed by atoms with E-state index in [-0.39, 0.29) is 0 Å². The van der Waals surface area contributed by atoms with Gasteiger partial charge in [0.25, 0.3) is 0 Å². The molecule has 0 aromatic carbocycles. The predicted octanol–water partition coefficient (Wildman–Crippen LogP) is 1.14. The van der Waals surface area contributed by atoms with Gasteiger partial charge < -0.3 is 15.4 Å². The molecule has 2 aliphatic rings. The zero-order chi connectivity index (χ0) is 10.3. The molecule has 2 saturated heterocycles. The van der Waals surface area contributed by atoms with Crippen molar-refractivity contribution < 1.29 is 4.74 Å². The van der Waals surface area contributed by atoms with Gasteiger partial charge in [0.15, 0.2) is 0 Å². The molecule has 88 valence electrons. The third-order valence-electron chi connectivity index (χ3n) is 3.61. The molecule has 2 fully saturated rings. The Morgan fingerprint density at radius 2 is 2.07 bits per heavy atom. The lowest BCUT2D eigenvalue weighted by atomic mass is 9.96. The molecule has 3 nitrogen and oxygen atoms in total. The van der Waals surface area contributed by atoms with E-state index in [4.69, 9.17) is 4.74 Å². The summed E-state index contributed by atoms with van der Waals surface area (Å²) >= 11 is 0. The summed E-state index contributed by atoms with van der Waals surface area (Å²) in [6, 6.07) is 0.718. The van der Waals surface area contributed by atoms with Gasteiger partial charge in [0.05, 0.1) is 0 Å². The summed E-state index contributed by atoms with van der Waals surface area (Å²) in [6.45, 7) is 5.54. The zero-order valence-electron chi connectivity index (χ0n) is 9.63. The van der Waals surface area contributed by atoms with Crippen LogP contribution in [-0.4, -0.2) is 38.9 Å². The van der Waals surface area contributed by atoms with Gasteiger partial charge in [0, 0.05) is 19.3 Å². The molecule has 0 bridgehead atoms. The largest absolute Gasteiger partial charge is 0.381 e. The lowest BCUT2D eigenvalue weighted by molar-refractivity contribution is 0.0776. The van der Waals surface area contributed by atoms with Crippen molar-refractivity contribution in [3.05, 3.63) is 0 Å². The second kappa shape index (κ2) is 6.46. The second-order valence-corrected chi connectivity index (χ2v) is 4.84. The fraction of sp³-hybridized carbons (Fsp3) is 1.00. The topological polar surface area (TPSA) is 33.3 Å². The van der Waals surface area contributed by atoms with Gasteiger partial charge in [-0.2, -0.15) is 0 Å². The summed E-state index contributed by atoms with van der Waals surface area (Å²) in [5.41, 5.74) is 0. The number of hydrogen-bond donors (Lipinski definition) is 2. The molecule has 1 atom stereocenters. The fourth-order valence-corrected chi connectivity index (χ4v) is 2.56. The Morgan fingerprint density at radius 3 is 2.80 bits per heavy atom. The molecule has 0 aromatic rings. The standard InChI is InChI=1S/C12H24N2O/c1-2-11(10-13-6-1)3-7-14-12-4-8-15-9-5-12/h11-14H,1-10H2. The lowest BCUT2D eigenvalue weighted by Crippen LogP contribution is -2.37. The second-order valence-electron chi connectivity index (χ2n) is 4.84. The highest BCUT2D eigenvalue weighted by molar-refractivity contribution is 4.73. The van der Waals surface area contributed by atoms with E-state index in [9.17, 15) is 0 Å². The number of piperidine rings is 1. The van der Waals surface area contributed by atoms with E-state index in [2.05, 4.69) is 10.6 Å². The predicted molar refractivity (Wildman–Crippen MR) is 62.1 cm³/mol. The minimum atomic E-state index is 0.718. The van der Waals surface area contributed by atoms with Crippen LogP contribution in [0.5, 0.6) is 0 Å². The van der Waals surface area contributed by atoms with Crippen LogP contribution in [-0.2, 0) is 4.74 Å². The number of hydrogen-bond acceptors (Lipinski definition) is 3. The SMILES string of the molecule is C1CNCC(CCNC2CCOCC2)C1. The maximum absolute atomic E-state index is 5.35. The smallest absolute Gasteiger partial charge is 0.0480 e. The van der Waals surface area contributed by atoms with E-state index in [0.717, 1.165) is 25.2 Å². The molecule has 0 aromatic heterocycles. The maximum atomic E-state index is 5.35. The van der Waals surface area contributed by atoms with Gasteiger partial charge in [-0.3, -0.25) is 0 Å². The lowest BCUT2D eigenvalue weighted by Gasteiger charge is -2.26. The average molecular weight is 212 g/mol. The minimum Gasteiger partial charge on any atom is -0.381 e. The van der Waals surface area contributed by atoms with E-state index in [1.165, 1.54) is 51.7 Å². The van der Waals surface area contributed by atoms with Crippen LogP contribution in [0.2, 0.25) is 0 Å². The van der Waals surface area contributed by atoms with E-state index < -0.39 is 0 Å². The first-order chi connectivity index (χ1) is 7.45. The summed E-state index contributed by atoms with van der Waals surface area (Å²) in [7, 11) is 0. The van der Waals surface area contributed by atoms with E-state index in [0.29, 0.717) is 0 Å². The summed E-state index contributed by atoms with van der Waals surface area (Å²) in [6.07, 6.45) is 6.51. The molecule has 0 saturated carbocycles. The Morgan fingerprint density at radius 1 is 1.20 bits per heavy atom. The van der Waals surface area contributed by atoms with Crippen molar-refractivity contribution in [2.75, 3.05) is 32.8 Å². The van der Waals surface area contributed by atoms with Crippen LogP contribution in [0, 0.1) is 5.92 Å². The van der Waals surface area contributed by atoms with Crippen molar-refractivity contribution in [2.24, 2.45) is 5.92 Å². The van der Waals surface area contributed by atoms with Crippen LogP contribution in [0.4, 0.5) is 0 Å². The normalized spacial score (nSPS) is 29.2. The Hall–Kier alpha value is -0.120. The van der Waals surface area contributed by atoms with Gasteiger partial charge in [-0.1, -0.05) is 0 Å². The quantitative estimate of drug-likeness (QED) is 0.733. The first-order valence-electron chi connectivity index (χ1n) is 6.47. The third kappa shape index (κ3) is 4.09. The molecule has 2 N–H and O–H groups in total. The Kier molecular flexibility index (Phi) is 4.90. The van der Waals surface area contributed by atoms with Crippen LogP contribution in [0.3, 0.4) is 0 Å². The molecule has 1 unspecified atom stereocenters. The summed E-state index contributed by atoms with van der Waals surface area (Å²) in [5, 5.41) is 7.14. The molecule has 2 aliphatic heterocycles. The van der Waals surface area contributed by atoms with Crippen LogP contribution < -0.4 is 10.6 Å². The highest BCUT2D eigenvalue weighted by atomic mass is 16.5. The first-order valence-corrected chi connectivity index (χ1v) is 6.47. The van der Waals surface area contributed by atoms with Crippen LogP contribution in [0.1, 0.15) is 32.1 Å². The molecule has 0 spiro atoms. The molecule has 0 aliphatic carbocycles. The molecule has 2 rings (SSSR count). The maximum Gasteiger partial charge on any atom is 0.0480 e. The molecule has 0 amide bonds. The molecule has 15 heavy (non-hydrogen) atoms. The van der Waals surface area contributed by atoms with Gasteiger partial charge in [-0.05, 0) is 57.7 Å². The van der Waals surface area contributed by atoms with Crippen LogP contribution in [0.15, 0.2) is 0 Å². The number of ether oxygens (including phenoxy) is 1. The number of rotatable bonds is 4. The zero-order valence-corrected chi connectivity index (χ0v) is 9.63. The monoisotopic (exact) mass is 212 g/mol. The molecule has 2 heterocycles. The molecule has 3 heteroatoms. The molecule has 0 radical (unpaired) electrons. The van der Waals surface area contributed by atoms with Gasteiger partial charge >= 0.3 is 0 Å². The van der Waals surface area contributed by atoms with Gasteiger partial charge in [0.2, 0.25) is 0 Å². The van der Waals surface area contributed by atoms with Crippen molar-refractivity contribution >= 4 is 0 Å². The van der Waals surface area contributed by atoms with Gasteiger partial charge in [-0.25, -0.2) is 0 Å². The van der Waals surface area contributed by atoms with Crippen molar-refractivity contribution in [1.82, 2.24) is 10.6 Å². The van der Waals surface area contributed by atoms with E-state index in [1.54, 1.807) is 0 Å². The molecular formula is C12H24N2O. The Labute approximate surface area is 93.0 Å². The van der Waals surface area contributed by atoms with Crippen LogP contribution in [0.25, 0.3) is 0 Å². The number of nitrogens with one attached hydrogen (secondary N) is 2. The van der Waals surface area contributed by atoms with Crippen molar-refractivity contribution in [3.63, 3.8) is 0 Å². The summed E-state index contributed by atoms with van der Waals surface area (Å²) in [5.74, 6) is 0.908. The highest BCUT2D eigenvalue weighted by Crippen LogP contribution is 2.13. The highest BCUT2D eigenvalue weighted by Gasteiger charge is 2.15. The van der Waals surface area contributed by atoms with Crippen molar-refractivity contribution in [1.29, 1.82) is 0 Å². The fourth-order valence-electron chi connectivity index (χ4n) is 2.56. The summed E-state index contributed by atoms with van der Waals surface area (Å²) in [4.78, 5) is 0. The van der Waals surface area contributed by atoms with Crippen molar-refractivity contribution in [3.8, 4) is 0 Å². The first kappa shape index (κ1) is 11.4. The average Bonchev–Trinajstić information content (AvgIpc) is 2.32. The van der Waals surface area contributed by atoms with E-state index >= 15 is 0 Å². The Balaban J connectivity index is 1.53. The summed E-state index contributed by atoms with van der Waals surface area (Å²) < 4.78 is 5.35. The van der Waals surface area contributed by atoms with Gasteiger partial charge in [-0.15, -0.1) is 0 Å².